The van der Waals surface area contributed by atoms with Crippen molar-refractivity contribution in [1.82, 2.24) is 4.31 Å². The summed E-state index contributed by atoms with van der Waals surface area (Å²) in [5.41, 5.74) is 1.44. The molecule has 2 heterocycles. The number of aryl methyl sites for hydroxylation is 1. The van der Waals surface area contributed by atoms with E-state index in [0.29, 0.717) is 17.1 Å². The van der Waals surface area contributed by atoms with Gasteiger partial charge in [-0.1, -0.05) is 37.8 Å². The van der Waals surface area contributed by atoms with Crippen LogP contribution in [0.2, 0.25) is 0 Å². The highest BCUT2D eigenvalue weighted by Gasteiger charge is 2.49. The summed E-state index contributed by atoms with van der Waals surface area (Å²) in [6.07, 6.45) is 1.81. The largest absolute Gasteiger partial charge is 0.243 e. The Balaban J connectivity index is 1.55. The molecule has 0 radical (unpaired) electrons. The molecule has 2 aliphatic heterocycles. The van der Waals surface area contributed by atoms with Crippen LogP contribution in [-0.4, -0.2) is 37.1 Å². The van der Waals surface area contributed by atoms with E-state index in [1.165, 1.54) is 17.4 Å². The average molecular weight is 363 g/mol. The third kappa shape index (κ3) is 2.69. The van der Waals surface area contributed by atoms with Crippen LogP contribution in [0.15, 0.2) is 53.4 Å². The molecule has 2 aromatic rings. The van der Waals surface area contributed by atoms with Gasteiger partial charge in [0, 0.05) is 12.6 Å². The molecule has 0 amide bonds. The lowest BCUT2D eigenvalue weighted by Crippen LogP contribution is -2.40. The van der Waals surface area contributed by atoms with Crippen LogP contribution < -0.4 is 5.30 Å². The molecular weight excluding hydrogens is 344 g/mol. The Labute approximate surface area is 143 Å². The third-order valence-corrected chi connectivity index (χ3v) is 9.94. The Morgan fingerprint density at radius 3 is 2.33 bits per heavy atom. The van der Waals surface area contributed by atoms with Crippen molar-refractivity contribution in [2.45, 2.75) is 29.9 Å². The van der Waals surface area contributed by atoms with Crippen molar-refractivity contribution in [2.75, 3.05) is 12.7 Å². The van der Waals surface area contributed by atoms with Crippen LogP contribution in [-0.2, 0) is 10.0 Å². The van der Waals surface area contributed by atoms with Crippen LogP contribution >= 0.6 is 7.92 Å². The smallest absolute Gasteiger partial charge is 0.207 e. The van der Waals surface area contributed by atoms with Crippen molar-refractivity contribution in [3.8, 4) is 0 Å². The minimum absolute atomic E-state index is 0.0810. The second-order valence-electron chi connectivity index (χ2n) is 6.56. The Hall–Kier alpha value is -1.29. The van der Waals surface area contributed by atoms with E-state index in [-0.39, 0.29) is 19.8 Å². The van der Waals surface area contributed by atoms with Crippen LogP contribution in [0.4, 0.5) is 4.39 Å². The van der Waals surface area contributed by atoms with Gasteiger partial charge in [0.05, 0.1) is 4.90 Å². The predicted octanol–water partition coefficient (Wildman–Crippen LogP) is 3.09. The van der Waals surface area contributed by atoms with Gasteiger partial charge < -0.3 is 0 Å². The summed E-state index contributed by atoms with van der Waals surface area (Å²) in [5.74, 6) is -0.221. The zero-order valence-corrected chi connectivity index (χ0v) is 15.1. The molecule has 3 atom stereocenters. The molecule has 4 rings (SSSR count). The Bertz CT molecular complexity index is 852. The summed E-state index contributed by atoms with van der Waals surface area (Å²) in [4.78, 5) is 0.381. The van der Waals surface area contributed by atoms with Gasteiger partial charge in [0.25, 0.3) is 0 Å². The average Bonchev–Trinajstić information content (AvgIpc) is 3.17. The summed E-state index contributed by atoms with van der Waals surface area (Å²) in [5, 5.41) is 1.19. The van der Waals surface area contributed by atoms with Crippen LogP contribution in [0.25, 0.3) is 0 Å². The van der Waals surface area contributed by atoms with Crippen molar-refractivity contribution in [1.29, 1.82) is 0 Å². The van der Waals surface area contributed by atoms with Gasteiger partial charge in [0.1, 0.15) is 5.82 Å². The van der Waals surface area contributed by atoms with E-state index in [4.69, 9.17) is 0 Å². The maximum absolute atomic E-state index is 13.1. The number of hydrogen-bond donors (Lipinski definition) is 0. The van der Waals surface area contributed by atoms with E-state index in [9.17, 15) is 12.8 Å². The number of sulfonamides is 1. The van der Waals surface area contributed by atoms with E-state index < -0.39 is 10.0 Å². The van der Waals surface area contributed by atoms with Gasteiger partial charge >= 0.3 is 0 Å². The van der Waals surface area contributed by atoms with Crippen molar-refractivity contribution in [2.24, 2.45) is 0 Å². The Kier molecular flexibility index (Phi) is 3.98. The molecule has 0 saturated carbocycles. The van der Waals surface area contributed by atoms with Crippen LogP contribution in [0.5, 0.6) is 0 Å². The molecule has 0 aromatic heterocycles. The highest BCUT2D eigenvalue weighted by atomic mass is 32.2. The van der Waals surface area contributed by atoms with Crippen LogP contribution in [0.3, 0.4) is 0 Å². The lowest BCUT2D eigenvalue weighted by molar-refractivity contribution is 0.408. The fourth-order valence-electron chi connectivity index (χ4n) is 3.72. The number of halogens is 1. The lowest BCUT2D eigenvalue weighted by atomic mass is 10.2. The highest BCUT2D eigenvalue weighted by Crippen LogP contribution is 2.55. The fraction of sp³-hybridized carbons (Fsp3) is 0.333. The first-order chi connectivity index (χ1) is 11.4. The highest BCUT2D eigenvalue weighted by molar-refractivity contribution is 7.89. The van der Waals surface area contributed by atoms with Crippen LogP contribution in [0.1, 0.15) is 12.0 Å². The Morgan fingerprint density at radius 1 is 1.08 bits per heavy atom. The normalized spacial score (nSPS) is 26.8. The van der Waals surface area contributed by atoms with Gasteiger partial charge in [-0.15, -0.1) is 0 Å². The number of rotatable bonds is 3. The molecule has 2 saturated heterocycles. The molecule has 6 heteroatoms. The van der Waals surface area contributed by atoms with Gasteiger partial charge in [0.2, 0.25) is 10.0 Å². The summed E-state index contributed by atoms with van der Waals surface area (Å²) in [6.45, 7) is 2.54. The number of hydrogen-bond acceptors (Lipinski definition) is 2. The van der Waals surface area contributed by atoms with E-state index in [1.54, 1.807) is 16.4 Å². The van der Waals surface area contributed by atoms with Crippen molar-refractivity contribution < 1.29 is 12.8 Å². The molecule has 24 heavy (non-hydrogen) atoms. The SMILES string of the molecule is Cc1ccc(S(=O)(=O)N2CC3CC2CP3c2ccc(F)cc2)cc1. The first-order valence-corrected chi connectivity index (χ1v) is 11.1. The van der Waals surface area contributed by atoms with E-state index >= 15 is 0 Å². The summed E-state index contributed by atoms with van der Waals surface area (Å²) < 4.78 is 40.6. The summed E-state index contributed by atoms with van der Waals surface area (Å²) >= 11 is 0. The zero-order valence-electron chi connectivity index (χ0n) is 13.4. The minimum Gasteiger partial charge on any atom is -0.207 e. The number of nitrogens with zero attached hydrogens (tertiary/aromatic N) is 1. The van der Waals surface area contributed by atoms with Crippen molar-refractivity contribution in [3.63, 3.8) is 0 Å². The quantitative estimate of drug-likeness (QED) is 0.786. The standard InChI is InChI=1S/C18H19FNO2PS/c1-13-2-8-18(9-3-13)24(21,22)20-11-17-10-15(20)12-23(17)16-6-4-14(19)5-7-16/h2-9,15,17H,10-12H2,1H3. The van der Waals surface area contributed by atoms with Crippen molar-refractivity contribution in [3.05, 3.63) is 59.9 Å². The molecule has 3 unspecified atom stereocenters. The lowest BCUT2D eigenvalue weighted by Gasteiger charge is -2.31. The Morgan fingerprint density at radius 2 is 1.75 bits per heavy atom. The third-order valence-electron chi connectivity index (χ3n) is 4.98. The number of benzene rings is 2. The summed E-state index contributed by atoms with van der Waals surface area (Å²) in [6, 6.07) is 13.9. The van der Waals surface area contributed by atoms with Crippen LogP contribution in [0, 0.1) is 12.7 Å². The van der Waals surface area contributed by atoms with E-state index in [1.807, 2.05) is 31.2 Å². The van der Waals surface area contributed by atoms with Gasteiger partial charge in [-0.2, -0.15) is 4.31 Å². The molecule has 2 aromatic carbocycles. The van der Waals surface area contributed by atoms with E-state index in [0.717, 1.165) is 18.1 Å². The molecule has 0 aliphatic carbocycles. The van der Waals surface area contributed by atoms with Gasteiger partial charge in [0.15, 0.2) is 0 Å². The molecule has 2 bridgehead atoms. The maximum Gasteiger partial charge on any atom is 0.243 e. The number of fused-ring (bicyclic) bond motifs is 2. The van der Waals surface area contributed by atoms with Crippen molar-refractivity contribution >= 4 is 23.2 Å². The maximum atomic E-state index is 13.1. The molecule has 2 fully saturated rings. The molecule has 2 aliphatic rings. The molecule has 0 spiro atoms. The molecular formula is C18H19FNO2PS. The first kappa shape index (κ1) is 16.2. The fourth-order valence-corrected chi connectivity index (χ4v) is 8.75. The second-order valence-corrected chi connectivity index (χ2v) is 11.0. The summed E-state index contributed by atoms with van der Waals surface area (Å²) in [7, 11) is -3.80. The van der Waals surface area contributed by atoms with E-state index in [2.05, 4.69) is 0 Å². The second kappa shape index (κ2) is 5.91. The zero-order chi connectivity index (χ0) is 16.9. The molecule has 126 valence electrons. The topological polar surface area (TPSA) is 37.4 Å². The first-order valence-electron chi connectivity index (χ1n) is 8.06. The minimum atomic E-state index is -3.41. The molecule has 3 nitrogen and oxygen atoms in total. The van der Waals surface area contributed by atoms with Gasteiger partial charge in [-0.25, -0.2) is 12.8 Å². The van der Waals surface area contributed by atoms with Gasteiger partial charge in [-0.05, 0) is 54.7 Å². The predicted molar refractivity (Wildman–Crippen MR) is 95.1 cm³/mol. The van der Waals surface area contributed by atoms with Gasteiger partial charge in [-0.3, -0.25) is 0 Å². The monoisotopic (exact) mass is 363 g/mol. The molecule has 0 N–H and O–H groups in total.